The first-order valence-electron chi connectivity index (χ1n) is 7.44. The maximum absolute atomic E-state index is 5.89. The molecule has 1 aliphatic carbocycles. The van der Waals surface area contributed by atoms with Crippen LogP contribution >= 0.6 is 0 Å². The molecular formula is C20H12O. The Morgan fingerprint density at radius 3 is 2.57 bits per heavy atom. The van der Waals surface area contributed by atoms with Gasteiger partial charge in [-0.05, 0) is 49.5 Å². The van der Waals surface area contributed by atoms with E-state index < -0.39 is 0 Å². The summed E-state index contributed by atoms with van der Waals surface area (Å²) in [6.45, 7) is 0. The minimum Gasteiger partial charge on any atom is -0.359 e. The average Bonchev–Trinajstić information content (AvgIpc) is 3.26. The SMILES string of the molecule is c1cc2c3c(c4ccc5ccccc5c4cc3c1)[C@@H]1O[C@H]21. The van der Waals surface area contributed by atoms with Gasteiger partial charge in [-0.3, -0.25) is 0 Å². The smallest absolute Gasteiger partial charge is 0.115 e. The molecule has 1 heteroatoms. The van der Waals surface area contributed by atoms with Gasteiger partial charge in [0.25, 0.3) is 0 Å². The summed E-state index contributed by atoms with van der Waals surface area (Å²) in [6.07, 6.45) is 0.593. The first-order chi connectivity index (χ1) is 10.4. The van der Waals surface area contributed by atoms with Crippen molar-refractivity contribution in [1.82, 2.24) is 0 Å². The van der Waals surface area contributed by atoms with E-state index >= 15 is 0 Å². The van der Waals surface area contributed by atoms with Gasteiger partial charge in [0.2, 0.25) is 0 Å². The predicted molar refractivity (Wildman–Crippen MR) is 85.5 cm³/mol. The van der Waals surface area contributed by atoms with Crippen molar-refractivity contribution in [3.8, 4) is 0 Å². The minimum atomic E-state index is 0.287. The molecule has 1 saturated heterocycles. The summed E-state index contributed by atoms with van der Waals surface area (Å²) in [4.78, 5) is 0. The number of hydrogen-bond acceptors (Lipinski definition) is 1. The van der Waals surface area contributed by atoms with Crippen LogP contribution in [0.3, 0.4) is 0 Å². The van der Waals surface area contributed by atoms with Crippen LogP contribution in [-0.2, 0) is 4.74 Å². The summed E-state index contributed by atoms with van der Waals surface area (Å²) in [5.74, 6) is 0. The van der Waals surface area contributed by atoms with E-state index in [4.69, 9.17) is 4.74 Å². The molecule has 1 heterocycles. The van der Waals surface area contributed by atoms with Crippen molar-refractivity contribution in [1.29, 1.82) is 0 Å². The molecule has 4 aromatic rings. The highest BCUT2D eigenvalue weighted by atomic mass is 16.6. The van der Waals surface area contributed by atoms with E-state index in [1.807, 2.05) is 0 Å². The van der Waals surface area contributed by atoms with Gasteiger partial charge in [0.15, 0.2) is 0 Å². The van der Waals surface area contributed by atoms with Gasteiger partial charge >= 0.3 is 0 Å². The molecule has 6 rings (SSSR count). The van der Waals surface area contributed by atoms with Crippen LogP contribution in [0.2, 0.25) is 0 Å². The summed E-state index contributed by atoms with van der Waals surface area (Å²) in [5.41, 5.74) is 2.79. The van der Waals surface area contributed by atoms with Gasteiger partial charge in [-0.15, -0.1) is 0 Å². The molecule has 0 amide bonds. The first kappa shape index (κ1) is 10.4. The van der Waals surface area contributed by atoms with Crippen molar-refractivity contribution in [3.05, 3.63) is 71.8 Å². The van der Waals surface area contributed by atoms with E-state index in [9.17, 15) is 0 Å². The van der Waals surface area contributed by atoms with Crippen LogP contribution in [0.25, 0.3) is 32.3 Å². The number of fused-ring (bicyclic) bond motifs is 7. The van der Waals surface area contributed by atoms with Gasteiger partial charge < -0.3 is 4.74 Å². The Morgan fingerprint density at radius 1 is 0.667 bits per heavy atom. The fourth-order valence-corrected chi connectivity index (χ4v) is 4.10. The topological polar surface area (TPSA) is 12.5 Å². The molecule has 0 bridgehead atoms. The molecule has 1 aliphatic heterocycles. The molecule has 0 spiro atoms. The van der Waals surface area contributed by atoms with Crippen molar-refractivity contribution in [2.24, 2.45) is 0 Å². The fourth-order valence-electron chi connectivity index (χ4n) is 4.10. The lowest BCUT2D eigenvalue weighted by Gasteiger charge is -2.11. The van der Waals surface area contributed by atoms with E-state index in [-0.39, 0.29) is 6.10 Å². The average molecular weight is 268 g/mol. The Kier molecular flexibility index (Phi) is 1.61. The molecule has 1 fully saturated rings. The van der Waals surface area contributed by atoms with Crippen molar-refractivity contribution in [2.45, 2.75) is 12.2 Å². The van der Waals surface area contributed by atoms with Crippen LogP contribution in [-0.4, -0.2) is 0 Å². The molecule has 4 aromatic carbocycles. The van der Waals surface area contributed by atoms with Crippen LogP contribution in [0.15, 0.2) is 60.7 Å². The summed E-state index contributed by atoms with van der Waals surface area (Å²) in [7, 11) is 0. The summed E-state index contributed by atoms with van der Waals surface area (Å²) in [5, 5.41) is 8.13. The lowest BCUT2D eigenvalue weighted by Crippen LogP contribution is -1.88. The van der Waals surface area contributed by atoms with Crippen LogP contribution in [0.5, 0.6) is 0 Å². The molecule has 1 nitrogen and oxygen atoms in total. The van der Waals surface area contributed by atoms with Crippen molar-refractivity contribution in [2.75, 3.05) is 0 Å². The Balaban J connectivity index is 1.93. The van der Waals surface area contributed by atoms with Gasteiger partial charge in [0.05, 0.1) is 0 Å². The second-order valence-electron chi connectivity index (χ2n) is 6.09. The molecule has 0 radical (unpaired) electrons. The molecule has 0 N–H and O–H groups in total. The zero-order valence-electron chi connectivity index (χ0n) is 11.3. The third-order valence-corrected chi connectivity index (χ3v) is 5.04. The van der Waals surface area contributed by atoms with Gasteiger partial charge in [-0.25, -0.2) is 0 Å². The number of epoxide rings is 1. The molecule has 21 heavy (non-hydrogen) atoms. The maximum atomic E-state index is 5.89. The van der Waals surface area contributed by atoms with Crippen molar-refractivity contribution in [3.63, 3.8) is 0 Å². The standard InChI is InChI=1S/C20H12O/c1-2-6-13-11(4-1)8-9-14-16(13)10-12-5-3-7-15-17(12)18(14)20-19(15)21-20/h1-10,19-20H/t19-,20+/m1/s1. The fraction of sp³-hybridized carbons (Fsp3) is 0.100. The molecular weight excluding hydrogens is 256 g/mol. The highest BCUT2D eigenvalue weighted by Crippen LogP contribution is 2.62. The quantitative estimate of drug-likeness (QED) is 0.240. The lowest BCUT2D eigenvalue weighted by molar-refractivity contribution is 0.375. The van der Waals surface area contributed by atoms with Crippen molar-refractivity contribution < 1.29 is 4.74 Å². The Hall–Kier alpha value is -2.38. The number of ether oxygens (including phenoxy) is 1. The van der Waals surface area contributed by atoms with Gasteiger partial charge in [-0.2, -0.15) is 0 Å². The third kappa shape index (κ3) is 1.13. The molecule has 0 aromatic heterocycles. The van der Waals surface area contributed by atoms with E-state index in [1.54, 1.807) is 0 Å². The van der Waals surface area contributed by atoms with Crippen LogP contribution in [0.4, 0.5) is 0 Å². The number of hydrogen-bond donors (Lipinski definition) is 0. The third-order valence-electron chi connectivity index (χ3n) is 5.04. The summed E-state index contributed by atoms with van der Waals surface area (Å²) < 4.78 is 5.89. The second-order valence-corrected chi connectivity index (χ2v) is 6.09. The highest BCUT2D eigenvalue weighted by molar-refractivity contribution is 6.15. The molecule has 2 atom stereocenters. The molecule has 98 valence electrons. The molecule has 2 aliphatic rings. The predicted octanol–water partition coefficient (Wildman–Crippen LogP) is 5.27. The van der Waals surface area contributed by atoms with Crippen LogP contribution in [0.1, 0.15) is 23.3 Å². The van der Waals surface area contributed by atoms with E-state index in [2.05, 4.69) is 60.7 Å². The van der Waals surface area contributed by atoms with Gasteiger partial charge in [0.1, 0.15) is 12.2 Å². The van der Waals surface area contributed by atoms with Gasteiger partial charge in [0, 0.05) is 0 Å². The zero-order chi connectivity index (χ0) is 13.6. The minimum absolute atomic E-state index is 0.287. The maximum Gasteiger partial charge on any atom is 0.115 e. The molecule has 0 saturated carbocycles. The highest BCUT2D eigenvalue weighted by Gasteiger charge is 2.49. The van der Waals surface area contributed by atoms with E-state index in [0.717, 1.165) is 0 Å². The largest absolute Gasteiger partial charge is 0.359 e. The Morgan fingerprint density at radius 2 is 1.57 bits per heavy atom. The van der Waals surface area contributed by atoms with Crippen molar-refractivity contribution >= 4 is 32.3 Å². The normalized spacial score (nSPS) is 22.1. The van der Waals surface area contributed by atoms with E-state index in [0.29, 0.717) is 6.10 Å². The lowest BCUT2D eigenvalue weighted by atomic mass is 9.94. The van der Waals surface area contributed by atoms with E-state index in [1.165, 1.54) is 43.4 Å². The second kappa shape index (κ2) is 3.26. The summed E-state index contributed by atoms with van der Waals surface area (Å²) >= 11 is 0. The monoisotopic (exact) mass is 268 g/mol. The van der Waals surface area contributed by atoms with Crippen LogP contribution < -0.4 is 0 Å². The Bertz CT molecular complexity index is 1080. The summed E-state index contributed by atoms with van der Waals surface area (Å²) in [6, 6.07) is 22.1. The number of benzene rings is 4. The molecule has 0 unspecified atom stereocenters. The zero-order valence-corrected chi connectivity index (χ0v) is 11.3. The first-order valence-corrected chi connectivity index (χ1v) is 7.44. The Labute approximate surface area is 121 Å². The van der Waals surface area contributed by atoms with Crippen LogP contribution in [0, 0.1) is 0 Å². The number of rotatable bonds is 0. The van der Waals surface area contributed by atoms with Gasteiger partial charge in [-0.1, -0.05) is 54.6 Å².